The number of aryl methyl sites for hydroxylation is 1. The summed E-state index contributed by atoms with van der Waals surface area (Å²) in [4.78, 5) is 21.0. The standard InChI is InChI=1S/C16H26N4O/c1-12-9-14(17-2)13(10-18-12)15(21)20(5)11-16(19(3)4)7-6-8-16/h9-10H,6-8,11H2,1-5H3,(H,17,18). The zero-order valence-electron chi connectivity index (χ0n) is 13.7. The van der Waals surface area contributed by atoms with E-state index in [2.05, 4.69) is 29.3 Å². The molecule has 5 heteroatoms. The zero-order valence-corrected chi connectivity index (χ0v) is 13.7. The van der Waals surface area contributed by atoms with Gasteiger partial charge in [0.05, 0.1) is 11.3 Å². The van der Waals surface area contributed by atoms with Crippen LogP contribution in [0.3, 0.4) is 0 Å². The van der Waals surface area contributed by atoms with Gasteiger partial charge in [0.1, 0.15) is 0 Å². The summed E-state index contributed by atoms with van der Waals surface area (Å²) in [6.45, 7) is 2.68. The molecular weight excluding hydrogens is 264 g/mol. The average molecular weight is 290 g/mol. The van der Waals surface area contributed by atoms with Crippen LogP contribution in [0.4, 0.5) is 5.69 Å². The first-order valence-electron chi connectivity index (χ1n) is 7.47. The predicted octanol–water partition coefficient (Wildman–Crippen LogP) is 1.99. The first-order chi connectivity index (χ1) is 9.89. The van der Waals surface area contributed by atoms with Crippen molar-refractivity contribution in [2.75, 3.05) is 40.1 Å². The summed E-state index contributed by atoms with van der Waals surface area (Å²) in [5.41, 5.74) is 2.52. The fourth-order valence-electron chi connectivity index (χ4n) is 2.99. The lowest BCUT2D eigenvalue weighted by Gasteiger charge is -2.49. The van der Waals surface area contributed by atoms with E-state index < -0.39 is 0 Å². The normalized spacial score (nSPS) is 16.5. The molecule has 0 aromatic carbocycles. The molecule has 0 atom stereocenters. The van der Waals surface area contributed by atoms with Crippen molar-refractivity contribution >= 4 is 11.6 Å². The van der Waals surface area contributed by atoms with E-state index in [1.54, 1.807) is 6.20 Å². The van der Waals surface area contributed by atoms with E-state index in [0.29, 0.717) is 5.56 Å². The van der Waals surface area contributed by atoms with Gasteiger partial charge in [-0.05, 0) is 46.3 Å². The second kappa shape index (κ2) is 6.02. The monoisotopic (exact) mass is 290 g/mol. The lowest BCUT2D eigenvalue weighted by Crippen LogP contribution is -2.57. The van der Waals surface area contributed by atoms with Crippen LogP contribution in [-0.4, -0.2) is 61.0 Å². The van der Waals surface area contributed by atoms with Gasteiger partial charge >= 0.3 is 0 Å². The molecule has 1 saturated carbocycles. The van der Waals surface area contributed by atoms with Gasteiger partial charge in [-0.15, -0.1) is 0 Å². The number of carbonyl (C=O) groups is 1. The number of anilines is 1. The molecule has 0 saturated heterocycles. The Hall–Kier alpha value is -1.62. The molecule has 5 nitrogen and oxygen atoms in total. The van der Waals surface area contributed by atoms with E-state index in [4.69, 9.17) is 0 Å². The molecule has 2 rings (SSSR count). The van der Waals surface area contributed by atoms with Gasteiger partial charge in [0.2, 0.25) is 0 Å². The molecule has 0 aliphatic heterocycles. The summed E-state index contributed by atoms with van der Waals surface area (Å²) in [6.07, 6.45) is 5.22. The average Bonchev–Trinajstić information content (AvgIpc) is 2.41. The van der Waals surface area contributed by atoms with Crippen molar-refractivity contribution in [3.63, 3.8) is 0 Å². The lowest BCUT2D eigenvalue weighted by molar-refractivity contribution is 0.0253. The Labute approximate surface area is 127 Å². The number of rotatable bonds is 5. The summed E-state index contributed by atoms with van der Waals surface area (Å²) >= 11 is 0. The highest BCUT2D eigenvalue weighted by molar-refractivity contribution is 5.99. The number of aromatic nitrogens is 1. The van der Waals surface area contributed by atoms with Gasteiger partial charge in [-0.1, -0.05) is 0 Å². The quantitative estimate of drug-likeness (QED) is 0.901. The van der Waals surface area contributed by atoms with Crippen molar-refractivity contribution in [1.29, 1.82) is 0 Å². The Kier molecular flexibility index (Phi) is 4.52. The first kappa shape index (κ1) is 15.8. The maximum atomic E-state index is 12.7. The molecule has 1 amide bonds. The van der Waals surface area contributed by atoms with Crippen LogP contribution < -0.4 is 5.32 Å². The van der Waals surface area contributed by atoms with E-state index in [0.717, 1.165) is 30.8 Å². The number of hydrogen-bond donors (Lipinski definition) is 1. The minimum absolute atomic E-state index is 0.0278. The SMILES string of the molecule is CNc1cc(C)ncc1C(=O)N(C)CC1(N(C)C)CCC1. The van der Waals surface area contributed by atoms with Gasteiger partial charge in [-0.25, -0.2) is 0 Å². The minimum Gasteiger partial charge on any atom is -0.387 e. The molecule has 1 aliphatic carbocycles. The van der Waals surface area contributed by atoms with Gasteiger partial charge in [0.15, 0.2) is 0 Å². The van der Waals surface area contributed by atoms with Crippen LogP contribution in [0.5, 0.6) is 0 Å². The van der Waals surface area contributed by atoms with Crippen LogP contribution in [0.15, 0.2) is 12.3 Å². The third-order valence-electron chi connectivity index (χ3n) is 4.65. The van der Waals surface area contributed by atoms with Crippen LogP contribution in [0.1, 0.15) is 35.3 Å². The molecule has 116 valence electrons. The number of nitrogens with zero attached hydrogens (tertiary/aromatic N) is 3. The number of hydrogen-bond acceptors (Lipinski definition) is 4. The second-order valence-electron chi connectivity index (χ2n) is 6.25. The topological polar surface area (TPSA) is 48.5 Å². The van der Waals surface area contributed by atoms with Crippen LogP contribution in [0.25, 0.3) is 0 Å². The molecule has 1 N–H and O–H groups in total. The van der Waals surface area contributed by atoms with Crippen molar-refractivity contribution in [2.24, 2.45) is 0 Å². The minimum atomic E-state index is 0.0278. The third kappa shape index (κ3) is 3.02. The van der Waals surface area contributed by atoms with Gasteiger partial charge in [0.25, 0.3) is 5.91 Å². The summed E-state index contributed by atoms with van der Waals surface area (Å²) in [7, 11) is 7.91. The van der Waals surface area contributed by atoms with Crippen LogP contribution in [0.2, 0.25) is 0 Å². The van der Waals surface area contributed by atoms with Crippen molar-refractivity contribution in [3.05, 3.63) is 23.5 Å². The molecule has 1 heterocycles. The van der Waals surface area contributed by atoms with Crippen molar-refractivity contribution in [3.8, 4) is 0 Å². The molecule has 0 spiro atoms. The smallest absolute Gasteiger partial charge is 0.257 e. The van der Waals surface area contributed by atoms with Gasteiger partial charge in [0, 0.05) is 38.1 Å². The lowest BCUT2D eigenvalue weighted by atomic mass is 9.75. The van der Waals surface area contributed by atoms with E-state index in [9.17, 15) is 4.79 Å². The Morgan fingerprint density at radius 1 is 1.38 bits per heavy atom. The van der Waals surface area contributed by atoms with E-state index in [1.807, 2.05) is 32.0 Å². The summed E-state index contributed by atoms with van der Waals surface area (Å²) < 4.78 is 0. The van der Waals surface area contributed by atoms with Gasteiger partial charge < -0.3 is 15.1 Å². The number of pyridine rings is 1. The number of nitrogens with one attached hydrogen (secondary N) is 1. The molecule has 1 aromatic rings. The van der Waals surface area contributed by atoms with Gasteiger partial charge in [-0.2, -0.15) is 0 Å². The van der Waals surface area contributed by atoms with Crippen LogP contribution in [-0.2, 0) is 0 Å². The van der Waals surface area contributed by atoms with Crippen molar-refractivity contribution in [1.82, 2.24) is 14.8 Å². The van der Waals surface area contributed by atoms with Crippen LogP contribution in [0, 0.1) is 6.92 Å². The largest absolute Gasteiger partial charge is 0.387 e. The first-order valence-corrected chi connectivity index (χ1v) is 7.47. The molecule has 21 heavy (non-hydrogen) atoms. The Balaban J connectivity index is 2.16. The van der Waals surface area contributed by atoms with Gasteiger partial charge in [-0.3, -0.25) is 9.78 Å². The predicted molar refractivity (Wildman–Crippen MR) is 85.8 cm³/mol. The molecule has 0 unspecified atom stereocenters. The molecule has 0 bridgehead atoms. The second-order valence-corrected chi connectivity index (χ2v) is 6.25. The molecule has 1 aliphatic rings. The number of likely N-dealkylation sites (N-methyl/N-ethyl adjacent to an activating group) is 2. The zero-order chi connectivity index (χ0) is 15.6. The molecule has 0 radical (unpaired) electrons. The van der Waals surface area contributed by atoms with Crippen molar-refractivity contribution < 1.29 is 4.79 Å². The third-order valence-corrected chi connectivity index (χ3v) is 4.65. The summed E-state index contributed by atoms with van der Waals surface area (Å²) in [5, 5.41) is 3.09. The summed E-state index contributed by atoms with van der Waals surface area (Å²) in [6, 6.07) is 1.91. The highest BCUT2D eigenvalue weighted by Crippen LogP contribution is 2.37. The Morgan fingerprint density at radius 2 is 2.05 bits per heavy atom. The number of carbonyl (C=O) groups excluding carboxylic acids is 1. The number of amides is 1. The Bertz CT molecular complexity index is 523. The van der Waals surface area contributed by atoms with E-state index in [-0.39, 0.29) is 11.4 Å². The van der Waals surface area contributed by atoms with Crippen LogP contribution >= 0.6 is 0 Å². The highest BCUT2D eigenvalue weighted by Gasteiger charge is 2.40. The fourth-order valence-corrected chi connectivity index (χ4v) is 2.99. The Morgan fingerprint density at radius 3 is 2.52 bits per heavy atom. The molecule has 1 aromatic heterocycles. The van der Waals surface area contributed by atoms with Crippen molar-refractivity contribution in [2.45, 2.75) is 31.7 Å². The summed E-state index contributed by atoms with van der Waals surface area (Å²) in [5.74, 6) is 0.0278. The maximum absolute atomic E-state index is 12.7. The maximum Gasteiger partial charge on any atom is 0.257 e. The van der Waals surface area contributed by atoms with E-state index in [1.165, 1.54) is 6.42 Å². The molecular formula is C16H26N4O. The molecule has 1 fully saturated rings. The highest BCUT2D eigenvalue weighted by atomic mass is 16.2. The fraction of sp³-hybridized carbons (Fsp3) is 0.625. The van der Waals surface area contributed by atoms with E-state index >= 15 is 0 Å².